The number of carbonyl (C=O) groups excluding carboxylic acids is 1. The zero-order valence-corrected chi connectivity index (χ0v) is 14.6. The van der Waals surface area contributed by atoms with E-state index in [9.17, 15) is 4.79 Å². The van der Waals surface area contributed by atoms with Crippen molar-refractivity contribution in [3.63, 3.8) is 0 Å². The van der Waals surface area contributed by atoms with Crippen molar-refractivity contribution in [3.8, 4) is 0 Å². The third-order valence-corrected chi connectivity index (χ3v) is 5.20. The molecule has 0 spiro atoms. The Morgan fingerprint density at radius 3 is 2.91 bits per heavy atom. The molecule has 3 atom stereocenters. The van der Waals surface area contributed by atoms with Crippen LogP contribution in [-0.4, -0.2) is 46.3 Å². The summed E-state index contributed by atoms with van der Waals surface area (Å²) >= 11 is 0. The molecular weight excluding hydrogens is 292 g/mol. The molecule has 3 rings (SSSR count). The molecular formula is C17H28N4O2. The number of ether oxygens (including phenoxy) is 1. The number of fused-ring (bicyclic) bond motifs is 1. The van der Waals surface area contributed by atoms with Crippen molar-refractivity contribution in [2.75, 3.05) is 13.7 Å². The molecule has 3 heterocycles. The van der Waals surface area contributed by atoms with E-state index in [0.717, 1.165) is 24.4 Å². The van der Waals surface area contributed by atoms with Gasteiger partial charge in [0.2, 0.25) is 0 Å². The smallest absolute Gasteiger partial charge is 0.409 e. The molecule has 1 aromatic rings. The van der Waals surface area contributed by atoms with Crippen molar-refractivity contribution in [3.05, 3.63) is 17.2 Å². The van der Waals surface area contributed by atoms with E-state index in [-0.39, 0.29) is 6.09 Å². The van der Waals surface area contributed by atoms with Crippen molar-refractivity contribution in [1.29, 1.82) is 0 Å². The largest absolute Gasteiger partial charge is 0.453 e. The van der Waals surface area contributed by atoms with Gasteiger partial charge in [-0.05, 0) is 40.0 Å². The maximum atomic E-state index is 11.7. The number of aromatic nitrogens is 2. The van der Waals surface area contributed by atoms with Gasteiger partial charge in [-0.25, -0.2) is 9.78 Å². The number of carbonyl (C=O) groups is 1. The Hall–Kier alpha value is -1.56. The van der Waals surface area contributed by atoms with Crippen molar-refractivity contribution in [2.45, 2.75) is 71.1 Å². The Bertz CT molecular complexity index is 583. The van der Waals surface area contributed by atoms with Gasteiger partial charge >= 0.3 is 6.09 Å². The lowest BCUT2D eigenvalue weighted by molar-refractivity contribution is 0.117. The van der Waals surface area contributed by atoms with Gasteiger partial charge in [0.1, 0.15) is 5.82 Å². The lowest BCUT2D eigenvalue weighted by atomic mass is 10.0. The highest BCUT2D eigenvalue weighted by atomic mass is 16.5. The highest BCUT2D eigenvalue weighted by Gasteiger charge is 2.29. The number of nitrogens with one attached hydrogen (secondary N) is 1. The second-order valence-electron chi connectivity index (χ2n) is 6.99. The van der Waals surface area contributed by atoms with Crippen LogP contribution in [0.2, 0.25) is 0 Å². The summed E-state index contributed by atoms with van der Waals surface area (Å²) in [5, 5.41) is 3.67. The third-order valence-electron chi connectivity index (χ3n) is 5.20. The van der Waals surface area contributed by atoms with Crippen LogP contribution in [-0.2, 0) is 17.7 Å². The number of amides is 1. The molecule has 2 aliphatic rings. The van der Waals surface area contributed by atoms with Crippen LogP contribution in [0.1, 0.15) is 56.4 Å². The first kappa shape index (κ1) is 16.3. The van der Waals surface area contributed by atoms with E-state index >= 15 is 0 Å². The molecule has 1 fully saturated rings. The van der Waals surface area contributed by atoms with Crippen LogP contribution in [0.25, 0.3) is 0 Å². The summed E-state index contributed by atoms with van der Waals surface area (Å²) < 4.78 is 7.22. The Morgan fingerprint density at radius 2 is 2.26 bits per heavy atom. The van der Waals surface area contributed by atoms with E-state index in [1.807, 2.05) is 0 Å². The topological polar surface area (TPSA) is 59.4 Å². The van der Waals surface area contributed by atoms with Crippen LogP contribution in [0.5, 0.6) is 0 Å². The molecule has 0 bridgehead atoms. The minimum atomic E-state index is -0.264. The number of hydrogen-bond acceptors (Lipinski definition) is 4. The van der Waals surface area contributed by atoms with E-state index in [1.54, 1.807) is 4.90 Å². The second kappa shape index (κ2) is 6.51. The molecule has 1 saturated heterocycles. The summed E-state index contributed by atoms with van der Waals surface area (Å²) in [5.41, 5.74) is 2.32. The van der Waals surface area contributed by atoms with Gasteiger partial charge < -0.3 is 19.5 Å². The SMILES string of the molecule is COC(=O)N1CCc2c(nc(C)n2C(C)CC2CCC(C)N2)C1. The number of nitrogens with zero attached hydrogens (tertiary/aromatic N) is 3. The Morgan fingerprint density at radius 1 is 1.48 bits per heavy atom. The first-order chi connectivity index (χ1) is 11.0. The molecule has 0 radical (unpaired) electrons. The third kappa shape index (κ3) is 3.22. The summed E-state index contributed by atoms with van der Waals surface area (Å²) in [5.74, 6) is 1.06. The van der Waals surface area contributed by atoms with Gasteiger partial charge in [0, 0.05) is 36.8 Å². The first-order valence-corrected chi connectivity index (χ1v) is 8.65. The fraction of sp³-hybridized carbons (Fsp3) is 0.765. The fourth-order valence-electron chi connectivity index (χ4n) is 4.13. The van der Waals surface area contributed by atoms with Crippen LogP contribution in [0.4, 0.5) is 4.79 Å². The molecule has 6 nitrogen and oxygen atoms in total. The van der Waals surface area contributed by atoms with Gasteiger partial charge in [0.25, 0.3) is 0 Å². The number of methoxy groups -OCH3 is 1. The molecule has 128 valence electrons. The Kier molecular flexibility index (Phi) is 4.62. The number of hydrogen-bond donors (Lipinski definition) is 1. The van der Waals surface area contributed by atoms with E-state index < -0.39 is 0 Å². The number of aryl methyl sites for hydroxylation is 1. The highest BCUT2D eigenvalue weighted by Crippen LogP contribution is 2.28. The summed E-state index contributed by atoms with van der Waals surface area (Å²) in [6, 6.07) is 1.67. The molecule has 23 heavy (non-hydrogen) atoms. The molecule has 0 aliphatic carbocycles. The number of rotatable bonds is 3. The van der Waals surface area contributed by atoms with E-state index in [2.05, 4.69) is 30.7 Å². The maximum absolute atomic E-state index is 11.7. The maximum Gasteiger partial charge on any atom is 0.409 e. The first-order valence-electron chi connectivity index (χ1n) is 8.65. The average Bonchev–Trinajstić information content (AvgIpc) is 3.07. The highest BCUT2D eigenvalue weighted by molar-refractivity contribution is 5.67. The molecule has 1 amide bonds. The lowest BCUT2D eigenvalue weighted by Crippen LogP contribution is -2.36. The van der Waals surface area contributed by atoms with Gasteiger partial charge in [-0.2, -0.15) is 0 Å². The van der Waals surface area contributed by atoms with E-state index in [0.29, 0.717) is 31.2 Å². The van der Waals surface area contributed by atoms with Gasteiger partial charge in [-0.15, -0.1) is 0 Å². The monoisotopic (exact) mass is 320 g/mol. The summed E-state index contributed by atoms with van der Waals surface area (Å²) in [6.45, 7) is 7.88. The summed E-state index contributed by atoms with van der Waals surface area (Å²) in [7, 11) is 1.43. The standard InChI is InChI=1S/C17H28N4O2/c1-11-5-6-14(18-11)9-12(2)21-13(3)19-15-10-20(17(22)23-4)8-7-16(15)21/h11-12,14,18H,5-10H2,1-4H3. The molecule has 1 aromatic heterocycles. The van der Waals surface area contributed by atoms with Gasteiger partial charge in [0.05, 0.1) is 19.3 Å². The van der Waals surface area contributed by atoms with Crippen LogP contribution < -0.4 is 5.32 Å². The zero-order valence-electron chi connectivity index (χ0n) is 14.6. The molecule has 3 unspecified atom stereocenters. The van der Waals surface area contributed by atoms with Crippen LogP contribution >= 0.6 is 0 Å². The van der Waals surface area contributed by atoms with Crippen LogP contribution in [0.3, 0.4) is 0 Å². The minimum Gasteiger partial charge on any atom is -0.453 e. The van der Waals surface area contributed by atoms with Crippen molar-refractivity contribution < 1.29 is 9.53 Å². The second-order valence-corrected chi connectivity index (χ2v) is 6.99. The normalized spacial score (nSPS) is 25.3. The van der Waals surface area contributed by atoms with Crippen molar-refractivity contribution >= 4 is 6.09 Å². The van der Waals surface area contributed by atoms with Crippen molar-refractivity contribution in [1.82, 2.24) is 19.8 Å². The predicted octanol–water partition coefficient (Wildman–Crippen LogP) is 2.41. The minimum absolute atomic E-state index is 0.264. The van der Waals surface area contributed by atoms with Gasteiger partial charge in [-0.1, -0.05) is 0 Å². The lowest BCUT2D eigenvalue weighted by Gasteiger charge is -2.28. The van der Waals surface area contributed by atoms with Gasteiger partial charge in [-0.3, -0.25) is 0 Å². The number of imidazole rings is 1. The van der Waals surface area contributed by atoms with Gasteiger partial charge in [0.15, 0.2) is 0 Å². The Labute approximate surface area is 138 Å². The predicted molar refractivity (Wildman–Crippen MR) is 88.4 cm³/mol. The van der Waals surface area contributed by atoms with E-state index in [4.69, 9.17) is 9.72 Å². The fourth-order valence-corrected chi connectivity index (χ4v) is 4.13. The Balaban J connectivity index is 1.74. The average molecular weight is 320 g/mol. The zero-order chi connectivity index (χ0) is 16.6. The summed E-state index contributed by atoms with van der Waals surface area (Å²) in [6.07, 6.45) is 4.25. The molecule has 2 aliphatic heterocycles. The summed E-state index contributed by atoms with van der Waals surface area (Å²) in [4.78, 5) is 18.2. The molecule has 0 aromatic carbocycles. The van der Waals surface area contributed by atoms with Crippen LogP contribution in [0.15, 0.2) is 0 Å². The molecule has 0 saturated carbocycles. The molecule has 6 heteroatoms. The van der Waals surface area contributed by atoms with E-state index in [1.165, 1.54) is 25.6 Å². The van der Waals surface area contributed by atoms with Crippen molar-refractivity contribution in [2.24, 2.45) is 0 Å². The molecule has 1 N–H and O–H groups in total. The van der Waals surface area contributed by atoms with Crippen LogP contribution in [0, 0.1) is 6.92 Å². The quantitative estimate of drug-likeness (QED) is 0.929.